The van der Waals surface area contributed by atoms with E-state index < -0.39 is 23.4 Å². The molecule has 0 saturated heterocycles. The van der Waals surface area contributed by atoms with E-state index >= 15 is 0 Å². The summed E-state index contributed by atoms with van der Waals surface area (Å²) >= 11 is 0. The summed E-state index contributed by atoms with van der Waals surface area (Å²) in [5.41, 5.74) is 0.436. The number of nitrogens with zero attached hydrogens (tertiary/aromatic N) is 1. The Morgan fingerprint density at radius 3 is 2.42 bits per heavy atom. The van der Waals surface area contributed by atoms with Crippen LogP contribution in [0, 0.1) is 22.5 Å². The molecule has 1 N–H and O–H groups in total. The van der Waals surface area contributed by atoms with Crippen molar-refractivity contribution in [3.05, 3.63) is 27.8 Å². The van der Waals surface area contributed by atoms with E-state index in [-0.39, 0.29) is 23.3 Å². The summed E-state index contributed by atoms with van der Waals surface area (Å²) < 4.78 is 9.88. The molecule has 0 heterocycles. The number of nitro benzene ring substituents is 1. The third-order valence-electron chi connectivity index (χ3n) is 3.04. The fourth-order valence-electron chi connectivity index (χ4n) is 1.93. The first-order chi connectivity index (χ1) is 11.0. The van der Waals surface area contributed by atoms with Crippen LogP contribution in [0.4, 0.5) is 11.4 Å². The lowest BCUT2D eigenvalue weighted by Crippen LogP contribution is -2.23. The number of nitro groups is 1. The van der Waals surface area contributed by atoms with E-state index in [0.717, 1.165) is 0 Å². The molecule has 0 atom stereocenters. The van der Waals surface area contributed by atoms with Gasteiger partial charge in [-0.2, -0.15) is 0 Å². The number of hydrogen-bond acceptors (Lipinski definition) is 6. The molecule has 1 aromatic rings. The number of rotatable bonds is 6. The first-order valence-electron chi connectivity index (χ1n) is 7.32. The topological polar surface area (TPSA) is 108 Å². The lowest BCUT2D eigenvalue weighted by molar-refractivity contribution is -0.385. The van der Waals surface area contributed by atoms with Crippen molar-refractivity contribution in [3.63, 3.8) is 0 Å². The average molecular weight is 338 g/mol. The molecule has 0 bridgehead atoms. The van der Waals surface area contributed by atoms with Gasteiger partial charge in [-0.25, -0.2) is 0 Å². The molecular formula is C16H22N2O6. The summed E-state index contributed by atoms with van der Waals surface area (Å²) in [5, 5.41) is 13.5. The minimum absolute atomic E-state index is 0.0330. The van der Waals surface area contributed by atoms with Crippen molar-refractivity contribution in [1.82, 2.24) is 0 Å². The van der Waals surface area contributed by atoms with Gasteiger partial charge >= 0.3 is 11.7 Å². The Balaban J connectivity index is 2.74. The van der Waals surface area contributed by atoms with Crippen LogP contribution >= 0.6 is 0 Å². The quantitative estimate of drug-likeness (QED) is 0.485. The van der Waals surface area contributed by atoms with Gasteiger partial charge in [-0.15, -0.1) is 0 Å². The highest BCUT2D eigenvalue weighted by molar-refractivity contribution is 5.94. The minimum Gasteiger partial charge on any atom is -0.490 e. The Hall–Kier alpha value is -2.64. The van der Waals surface area contributed by atoms with Gasteiger partial charge in [0.2, 0.25) is 0 Å². The SMILES string of the molecule is COc1cc(NC(=O)COC(=O)CC(C)(C)C)c(C)cc1[N+](=O)[O-]. The zero-order valence-corrected chi connectivity index (χ0v) is 14.5. The van der Waals surface area contributed by atoms with E-state index in [2.05, 4.69) is 5.32 Å². The van der Waals surface area contributed by atoms with Gasteiger partial charge in [0.1, 0.15) is 0 Å². The van der Waals surface area contributed by atoms with Crippen LogP contribution in [0.2, 0.25) is 0 Å². The Morgan fingerprint density at radius 1 is 1.29 bits per heavy atom. The summed E-state index contributed by atoms with van der Waals surface area (Å²) in [5.74, 6) is -0.961. The predicted octanol–water partition coefficient (Wildman–Crippen LogP) is 2.83. The lowest BCUT2D eigenvalue weighted by atomic mass is 9.92. The zero-order chi connectivity index (χ0) is 18.5. The standard InChI is InChI=1S/C16H22N2O6/c1-10-6-12(18(21)22)13(23-5)7-11(10)17-14(19)9-24-15(20)8-16(2,3)4/h6-7H,8-9H2,1-5H3,(H,17,19). The molecule has 24 heavy (non-hydrogen) atoms. The van der Waals surface area contributed by atoms with Crippen molar-refractivity contribution < 1.29 is 24.0 Å². The van der Waals surface area contributed by atoms with Crippen LogP contribution in [0.1, 0.15) is 32.8 Å². The van der Waals surface area contributed by atoms with Gasteiger partial charge in [0.15, 0.2) is 12.4 Å². The smallest absolute Gasteiger partial charge is 0.311 e. The number of anilines is 1. The van der Waals surface area contributed by atoms with Crippen LogP contribution < -0.4 is 10.1 Å². The largest absolute Gasteiger partial charge is 0.490 e. The third-order valence-corrected chi connectivity index (χ3v) is 3.04. The van der Waals surface area contributed by atoms with Crippen LogP contribution in [0.15, 0.2) is 12.1 Å². The van der Waals surface area contributed by atoms with Gasteiger partial charge in [0.25, 0.3) is 5.91 Å². The third kappa shape index (κ3) is 5.86. The molecule has 0 fully saturated rings. The molecule has 0 aliphatic carbocycles. The number of nitrogens with one attached hydrogen (secondary N) is 1. The van der Waals surface area contributed by atoms with Crippen molar-refractivity contribution in [2.45, 2.75) is 34.1 Å². The molecular weight excluding hydrogens is 316 g/mol. The number of amides is 1. The second-order valence-corrected chi connectivity index (χ2v) is 6.54. The normalized spacial score (nSPS) is 10.9. The van der Waals surface area contributed by atoms with Crippen LogP contribution in [0.5, 0.6) is 5.75 Å². The Bertz CT molecular complexity index is 649. The summed E-state index contributed by atoms with van der Waals surface area (Å²) in [4.78, 5) is 33.9. The first kappa shape index (κ1) is 19.4. The van der Waals surface area contributed by atoms with Gasteiger partial charge < -0.3 is 14.8 Å². The predicted molar refractivity (Wildman–Crippen MR) is 88.0 cm³/mol. The van der Waals surface area contributed by atoms with Crippen LogP contribution in [-0.4, -0.2) is 30.5 Å². The molecule has 1 amide bonds. The molecule has 0 aliphatic heterocycles. The van der Waals surface area contributed by atoms with E-state index in [0.29, 0.717) is 11.3 Å². The highest BCUT2D eigenvalue weighted by Gasteiger charge is 2.20. The number of aryl methyl sites for hydroxylation is 1. The average Bonchev–Trinajstić information content (AvgIpc) is 2.44. The van der Waals surface area contributed by atoms with E-state index in [1.807, 2.05) is 20.8 Å². The van der Waals surface area contributed by atoms with E-state index in [1.54, 1.807) is 6.92 Å². The van der Waals surface area contributed by atoms with Crippen molar-refractivity contribution >= 4 is 23.3 Å². The van der Waals surface area contributed by atoms with Crippen LogP contribution in [0.25, 0.3) is 0 Å². The Labute approximate surface area is 140 Å². The second-order valence-electron chi connectivity index (χ2n) is 6.54. The molecule has 0 unspecified atom stereocenters. The molecule has 0 saturated carbocycles. The molecule has 0 radical (unpaired) electrons. The number of carbonyl (C=O) groups is 2. The molecule has 132 valence electrons. The number of esters is 1. The Kier molecular flexibility index (Phi) is 6.27. The molecule has 8 nitrogen and oxygen atoms in total. The molecule has 8 heteroatoms. The number of benzene rings is 1. The molecule has 0 spiro atoms. The van der Waals surface area contributed by atoms with E-state index in [9.17, 15) is 19.7 Å². The van der Waals surface area contributed by atoms with Gasteiger partial charge in [-0.3, -0.25) is 19.7 Å². The van der Waals surface area contributed by atoms with Gasteiger partial charge in [0, 0.05) is 17.8 Å². The van der Waals surface area contributed by atoms with Crippen molar-refractivity contribution in [2.24, 2.45) is 5.41 Å². The fraction of sp³-hybridized carbons (Fsp3) is 0.500. The van der Waals surface area contributed by atoms with Gasteiger partial charge in [-0.05, 0) is 17.9 Å². The molecule has 1 aromatic carbocycles. The molecule has 1 rings (SSSR count). The monoisotopic (exact) mass is 338 g/mol. The van der Waals surface area contributed by atoms with Crippen molar-refractivity contribution in [2.75, 3.05) is 19.0 Å². The fourth-order valence-corrected chi connectivity index (χ4v) is 1.93. The summed E-state index contributed by atoms with van der Waals surface area (Å²) in [7, 11) is 1.30. The number of methoxy groups -OCH3 is 1. The lowest BCUT2D eigenvalue weighted by Gasteiger charge is -2.16. The summed E-state index contributed by atoms with van der Waals surface area (Å²) in [6, 6.07) is 2.67. The number of carbonyl (C=O) groups excluding carboxylic acids is 2. The van der Waals surface area contributed by atoms with Gasteiger partial charge in [0.05, 0.1) is 18.5 Å². The minimum atomic E-state index is -0.564. The summed E-state index contributed by atoms with van der Waals surface area (Å²) in [6.07, 6.45) is 0.199. The second kappa shape index (κ2) is 7.76. The Morgan fingerprint density at radius 2 is 1.92 bits per heavy atom. The summed E-state index contributed by atoms with van der Waals surface area (Å²) in [6.45, 7) is 6.86. The maximum Gasteiger partial charge on any atom is 0.311 e. The highest BCUT2D eigenvalue weighted by atomic mass is 16.6. The van der Waals surface area contributed by atoms with Crippen molar-refractivity contribution in [3.8, 4) is 5.75 Å². The maximum atomic E-state index is 11.9. The van der Waals surface area contributed by atoms with E-state index in [4.69, 9.17) is 9.47 Å². The highest BCUT2D eigenvalue weighted by Crippen LogP contribution is 2.32. The van der Waals surface area contributed by atoms with Crippen LogP contribution in [0.3, 0.4) is 0 Å². The number of hydrogen-bond donors (Lipinski definition) is 1. The zero-order valence-electron chi connectivity index (χ0n) is 14.5. The number of ether oxygens (including phenoxy) is 2. The maximum absolute atomic E-state index is 11.9. The van der Waals surface area contributed by atoms with Crippen molar-refractivity contribution in [1.29, 1.82) is 0 Å². The van der Waals surface area contributed by atoms with Gasteiger partial charge in [-0.1, -0.05) is 20.8 Å². The first-order valence-corrected chi connectivity index (χ1v) is 7.32. The molecule has 0 aromatic heterocycles. The molecule has 0 aliphatic rings. The van der Waals surface area contributed by atoms with E-state index in [1.165, 1.54) is 19.2 Å². The van der Waals surface area contributed by atoms with Crippen LogP contribution in [-0.2, 0) is 14.3 Å².